The van der Waals surface area contributed by atoms with Crippen LogP contribution in [0.3, 0.4) is 0 Å². The van der Waals surface area contributed by atoms with E-state index in [4.69, 9.17) is 0 Å². The van der Waals surface area contributed by atoms with E-state index in [9.17, 15) is 23.9 Å². The zero-order valence-corrected chi connectivity index (χ0v) is 14.6. The van der Waals surface area contributed by atoms with E-state index in [1.165, 1.54) is 17.0 Å². The van der Waals surface area contributed by atoms with E-state index >= 15 is 0 Å². The van der Waals surface area contributed by atoms with Crippen molar-refractivity contribution in [2.24, 2.45) is 5.41 Å². The minimum atomic E-state index is -0.939. The van der Waals surface area contributed by atoms with Gasteiger partial charge in [0.2, 0.25) is 5.91 Å². The zero-order valence-electron chi connectivity index (χ0n) is 14.6. The largest absolute Gasteiger partial charge is 0.481 e. The van der Waals surface area contributed by atoms with Gasteiger partial charge in [-0.3, -0.25) is 9.59 Å². The predicted octanol–water partition coefficient (Wildman–Crippen LogP) is 1.43. The Labute approximate surface area is 150 Å². The molecule has 2 atom stereocenters. The summed E-state index contributed by atoms with van der Waals surface area (Å²) in [5.41, 5.74) is -0.116. The molecule has 7 nitrogen and oxygen atoms in total. The number of hydrogen-bond donors (Lipinski definition) is 2. The highest BCUT2D eigenvalue weighted by molar-refractivity contribution is 5.89. The van der Waals surface area contributed by atoms with Gasteiger partial charge in [0.05, 0.1) is 5.41 Å². The highest BCUT2D eigenvalue weighted by Gasteiger charge is 2.43. The number of carbonyl (C=O) groups is 3. The number of amides is 3. The molecule has 3 rings (SSSR count). The Morgan fingerprint density at radius 3 is 2.62 bits per heavy atom. The molecule has 2 fully saturated rings. The van der Waals surface area contributed by atoms with Gasteiger partial charge in [0.1, 0.15) is 11.9 Å². The van der Waals surface area contributed by atoms with Crippen molar-refractivity contribution in [1.29, 1.82) is 0 Å². The fourth-order valence-corrected chi connectivity index (χ4v) is 3.39. The molecule has 0 spiro atoms. The molecular formula is C18H22FN3O4. The third kappa shape index (κ3) is 3.63. The number of likely N-dealkylation sites (tertiary alicyclic amines) is 2. The standard InChI is InChI=1S/C18H22FN3O4/c1-18(16(24)25)7-9-22(11-18)17(26)20-14-6-8-21(15(14)23)10-12-2-4-13(19)5-3-12/h2-5,14H,6-11H2,1H3,(H,20,26)(H,24,25). The van der Waals surface area contributed by atoms with Gasteiger partial charge in [0, 0.05) is 26.2 Å². The van der Waals surface area contributed by atoms with Crippen LogP contribution in [-0.2, 0) is 16.1 Å². The van der Waals surface area contributed by atoms with Crippen molar-refractivity contribution in [2.45, 2.75) is 32.4 Å². The summed E-state index contributed by atoms with van der Waals surface area (Å²) in [6, 6.07) is 4.94. The zero-order chi connectivity index (χ0) is 18.9. The molecule has 0 aliphatic carbocycles. The molecule has 8 heteroatoms. The quantitative estimate of drug-likeness (QED) is 0.847. The minimum absolute atomic E-state index is 0.133. The average Bonchev–Trinajstić information content (AvgIpc) is 3.16. The first-order valence-electron chi connectivity index (χ1n) is 8.60. The average molecular weight is 363 g/mol. The van der Waals surface area contributed by atoms with E-state index in [1.54, 1.807) is 24.0 Å². The number of nitrogens with one attached hydrogen (secondary N) is 1. The van der Waals surface area contributed by atoms with Gasteiger partial charge in [-0.25, -0.2) is 9.18 Å². The lowest BCUT2D eigenvalue weighted by molar-refractivity contribution is -0.147. The second kappa shape index (κ2) is 6.93. The number of urea groups is 1. The minimum Gasteiger partial charge on any atom is -0.481 e. The number of carboxylic acids is 1. The van der Waals surface area contributed by atoms with Gasteiger partial charge in [-0.15, -0.1) is 0 Å². The van der Waals surface area contributed by atoms with Crippen molar-refractivity contribution in [3.63, 3.8) is 0 Å². The molecule has 1 aromatic rings. The molecule has 2 aliphatic rings. The van der Waals surface area contributed by atoms with Crippen molar-refractivity contribution in [2.75, 3.05) is 19.6 Å². The van der Waals surface area contributed by atoms with Gasteiger partial charge in [-0.05, 0) is 37.5 Å². The van der Waals surface area contributed by atoms with E-state index in [1.807, 2.05) is 0 Å². The molecule has 2 unspecified atom stereocenters. The van der Waals surface area contributed by atoms with Crippen LogP contribution in [0.1, 0.15) is 25.3 Å². The maximum Gasteiger partial charge on any atom is 0.318 e. The Hall–Kier alpha value is -2.64. The summed E-state index contributed by atoms with van der Waals surface area (Å²) in [4.78, 5) is 39.2. The molecule has 0 radical (unpaired) electrons. The molecule has 0 bridgehead atoms. The van der Waals surface area contributed by atoms with Crippen molar-refractivity contribution >= 4 is 17.9 Å². The van der Waals surface area contributed by atoms with Gasteiger partial charge in [-0.2, -0.15) is 0 Å². The first kappa shape index (κ1) is 18.2. The normalized spacial score (nSPS) is 25.6. The highest BCUT2D eigenvalue weighted by atomic mass is 19.1. The topological polar surface area (TPSA) is 89.9 Å². The third-order valence-corrected chi connectivity index (χ3v) is 5.16. The number of benzene rings is 1. The summed E-state index contributed by atoms with van der Waals surface area (Å²) >= 11 is 0. The summed E-state index contributed by atoms with van der Waals surface area (Å²) in [6.07, 6.45) is 0.890. The summed E-state index contributed by atoms with van der Waals surface area (Å²) in [5, 5.41) is 12.0. The number of rotatable bonds is 4. The Bertz CT molecular complexity index is 724. The number of carboxylic acid groups (broad SMARTS) is 1. The first-order chi connectivity index (χ1) is 12.3. The van der Waals surface area contributed by atoms with Gasteiger partial charge < -0.3 is 20.2 Å². The second-order valence-corrected chi connectivity index (χ2v) is 7.21. The molecule has 2 heterocycles. The number of halogens is 1. The summed E-state index contributed by atoms with van der Waals surface area (Å²) in [7, 11) is 0. The second-order valence-electron chi connectivity index (χ2n) is 7.21. The lowest BCUT2D eigenvalue weighted by atomic mass is 9.90. The highest BCUT2D eigenvalue weighted by Crippen LogP contribution is 2.30. The van der Waals surface area contributed by atoms with Gasteiger partial charge >= 0.3 is 12.0 Å². The molecule has 2 saturated heterocycles. The van der Waals surface area contributed by atoms with Crippen LogP contribution < -0.4 is 5.32 Å². The molecular weight excluding hydrogens is 341 g/mol. The summed E-state index contributed by atoms with van der Waals surface area (Å²) in [6.45, 7) is 2.98. The van der Waals surface area contributed by atoms with E-state index in [0.29, 0.717) is 32.5 Å². The Balaban J connectivity index is 1.55. The molecule has 0 aromatic heterocycles. The van der Waals surface area contributed by atoms with Crippen LogP contribution in [0.5, 0.6) is 0 Å². The molecule has 2 aliphatic heterocycles. The Morgan fingerprint density at radius 2 is 2.00 bits per heavy atom. The van der Waals surface area contributed by atoms with Crippen molar-refractivity contribution < 1.29 is 23.9 Å². The van der Waals surface area contributed by atoms with Crippen LogP contribution in [0.15, 0.2) is 24.3 Å². The van der Waals surface area contributed by atoms with Gasteiger partial charge in [-0.1, -0.05) is 12.1 Å². The van der Waals surface area contributed by atoms with Gasteiger partial charge in [0.15, 0.2) is 0 Å². The van der Waals surface area contributed by atoms with Crippen molar-refractivity contribution in [1.82, 2.24) is 15.1 Å². The molecule has 3 amide bonds. The predicted molar refractivity (Wildman–Crippen MR) is 90.7 cm³/mol. The number of carbonyl (C=O) groups excluding carboxylic acids is 2. The molecule has 0 saturated carbocycles. The first-order valence-corrected chi connectivity index (χ1v) is 8.60. The van der Waals surface area contributed by atoms with E-state index < -0.39 is 23.5 Å². The fourth-order valence-electron chi connectivity index (χ4n) is 3.39. The molecule has 140 valence electrons. The Morgan fingerprint density at radius 1 is 1.31 bits per heavy atom. The monoisotopic (exact) mass is 363 g/mol. The fraction of sp³-hybridized carbons (Fsp3) is 0.500. The van der Waals surface area contributed by atoms with Crippen molar-refractivity contribution in [3.8, 4) is 0 Å². The maximum absolute atomic E-state index is 13.0. The van der Waals surface area contributed by atoms with E-state index in [-0.39, 0.29) is 18.3 Å². The number of aliphatic carboxylic acids is 1. The Kier molecular flexibility index (Phi) is 4.84. The van der Waals surface area contributed by atoms with Crippen molar-refractivity contribution in [3.05, 3.63) is 35.6 Å². The number of nitrogens with zero attached hydrogens (tertiary/aromatic N) is 2. The van der Waals surface area contributed by atoms with E-state index in [2.05, 4.69) is 5.32 Å². The van der Waals surface area contributed by atoms with Crippen LogP contribution in [0.2, 0.25) is 0 Å². The molecule has 1 aromatic carbocycles. The lowest BCUT2D eigenvalue weighted by Crippen LogP contribution is -2.48. The van der Waals surface area contributed by atoms with Crippen LogP contribution >= 0.6 is 0 Å². The summed E-state index contributed by atoms with van der Waals surface area (Å²) < 4.78 is 13.0. The van der Waals surface area contributed by atoms with Crippen LogP contribution in [-0.4, -0.2) is 58.5 Å². The molecule has 2 N–H and O–H groups in total. The van der Waals surface area contributed by atoms with Crippen LogP contribution in [0.25, 0.3) is 0 Å². The van der Waals surface area contributed by atoms with Crippen LogP contribution in [0, 0.1) is 11.2 Å². The maximum atomic E-state index is 13.0. The van der Waals surface area contributed by atoms with Gasteiger partial charge in [0.25, 0.3) is 0 Å². The third-order valence-electron chi connectivity index (χ3n) is 5.16. The van der Waals surface area contributed by atoms with E-state index in [0.717, 1.165) is 5.56 Å². The molecule has 26 heavy (non-hydrogen) atoms. The SMILES string of the molecule is CC1(C(=O)O)CCN(C(=O)NC2CCN(Cc3ccc(F)cc3)C2=O)C1. The summed E-state index contributed by atoms with van der Waals surface area (Å²) in [5.74, 6) is -1.43. The smallest absolute Gasteiger partial charge is 0.318 e. The lowest BCUT2D eigenvalue weighted by Gasteiger charge is -2.22. The van der Waals surface area contributed by atoms with Crippen LogP contribution in [0.4, 0.5) is 9.18 Å². The number of hydrogen-bond acceptors (Lipinski definition) is 3.